The maximum absolute atomic E-state index is 12.6. The van der Waals surface area contributed by atoms with Crippen LogP contribution in [0.3, 0.4) is 0 Å². The highest BCUT2D eigenvalue weighted by atomic mass is 16.2. The van der Waals surface area contributed by atoms with Crippen LogP contribution >= 0.6 is 0 Å². The summed E-state index contributed by atoms with van der Waals surface area (Å²) in [5.74, 6) is 0.401. The van der Waals surface area contributed by atoms with Gasteiger partial charge in [0.2, 0.25) is 0 Å². The molecule has 1 fully saturated rings. The van der Waals surface area contributed by atoms with Crippen molar-refractivity contribution in [2.45, 2.75) is 5.92 Å². The number of benzene rings is 2. The molecule has 2 heterocycles. The third-order valence-electron chi connectivity index (χ3n) is 4.60. The number of anilines is 1. The number of carbonyl (C=O) groups is 1. The van der Waals surface area contributed by atoms with Crippen LogP contribution in [0.5, 0.6) is 0 Å². The monoisotopic (exact) mass is 329 g/mol. The van der Waals surface area contributed by atoms with E-state index < -0.39 is 0 Å². The molecule has 0 bridgehead atoms. The lowest BCUT2D eigenvalue weighted by atomic mass is 9.93. The van der Waals surface area contributed by atoms with Crippen molar-refractivity contribution in [2.75, 3.05) is 18.4 Å². The summed E-state index contributed by atoms with van der Waals surface area (Å²) >= 11 is 0. The van der Waals surface area contributed by atoms with Gasteiger partial charge in [0.1, 0.15) is 0 Å². The molecule has 0 unspecified atom stereocenters. The molecule has 124 valence electrons. The van der Waals surface area contributed by atoms with Crippen molar-refractivity contribution < 1.29 is 4.79 Å². The van der Waals surface area contributed by atoms with Crippen molar-refractivity contribution >= 4 is 11.7 Å². The second kappa shape index (κ2) is 6.77. The largest absolute Gasteiger partial charge is 0.323 e. The van der Waals surface area contributed by atoms with Crippen LogP contribution in [0.1, 0.15) is 11.5 Å². The number of hydrogen-bond acceptors (Lipinski definition) is 2. The number of para-hydroxylation sites is 1. The van der Waals surface area contributed by atoms with Crippen molar-refractivity contribution in [3.05, 3.63) is 84.7 Å². The first-order valence-corrected chi connectivity index (χ1v) is 8.41. The molecule has 0 radical (unpaired) electrons. The molecule has 1 N–H and O–H groups in total. The predicted molar refractivity (Wildman–Crippen MR) is 99.4 cm³/mol. The molecule has 1 aliphatic rings. The zero-order valence-corrected chi connectivity index (χ0v) is 13.8. The van der Waals surface area contributed by atoms with Gasteiger partial charge in [-0.2, -0.15) is 0 Å². The Morgan fingerprint density at radius 3 is 2.36 bits per heavy atom. The molecule has 0 atom stereocenters. The van der Waals surface area contributed by atoms with E-state index in [4.69, 9.17) is 0 Å². The molecule has 4 nitrogen and oxygen atoms in total. The minimum Gasteiger partial charge on any atom is -0.323 e. The standard InChI is InChI=1S/C21H19N3O/c25-21(24-14-18(15-24)16-10-12-22-13-11-16)23-20-9-5-4-8-19(20)17-6-2-1-3-7-17/h1-13,18H,14-15H2,(H,23,25). The molecule has 4 rings (SSSR count). The van der Waals surface area contributed by atoms with Crippen LogP contribution in [0, 0.1) is 0 Å². The molecule has 0 aliphatic carbocycles. The Labute approximate surface area is 147 Å². The van der Waals surface area contributed by atoms with E-state index in [2.05, 4.69) is 10.3 Å². The van der Waals surface area contributed by atoms with Gasteiger partial charge in [-0.05, 0) is 29.3 Å². The fourth-order valence-corrected chi connectivity index (χ4v) is 3.15. The Bertz CT molecular complexity index is 859. The molecule has 3 aromatic rings. The molecule has 0 spiro atoms. The van der Waals surface area contributed by atoms with Gasteiger partial charge in [0.25, 0.3) is 0 Å². The molecular weight excluding hydrogens is 310 g/mol. The van der Waals surface area contributed by atoms with Crippen molar-refractivity contribution in [3.8, 4) is 11.1 Å². The SMILES string of the molecule is O=C(Nc1ccccc1-c1ccccc1)N1CC(c2ccncc2)C1. The molecule has 1 aliphatic heterocycles. The van der Waals surface area contributed by atoms with Crippen LogP contribution < -0.4 is 5.32 Å². The lowest BCUT2D eigenvalue weighted by molar-refractivity contribution is 0.164. The average Bonchev–Trinajstić information content (AvgIpc) is 2.63. The number of aromatic nitrogens is 1. The zero-order valence-electron chi connectivity index (χ0n) is 13.8. The third kappa shape index (κ3) is 3.24. The Balaban J connectivity index is 1.45. The van der Waals surface area contributed by atoms with E-state index in [1.165, 1.54) is 5.56 Å². The first kappa shape index (κ1) is 15.4. The van der Waals surface area contributed by atoms with E-state index in [0.717, 1.165) is 29.9 Å². The number of nitrogens with one attached hydrogen (secondary N) is 1. The van der Waals surface area contributed by atoms with Gasteiger partial charge < -0.3 is 10.2 Å². The van der Waals surface area contributed by atoms with E-state index in [1.807, 2.05) is 71.6 Å². The molecule has 1 saturated heterocycles. The number of amides is 2. The van der Waals surface area contributed by atoms with Crippen LogP contribution in [-0.2, 0) is 0 Å². The minimum atomic E-state index is -0.0475. The van der Waals surface area contributed by atoms with Gasteiger partial charge in [-0.3, -0.25) is 4.98 Å². The highest BCUT2D eigenvalue weighted by Gasteiger charge is 2.31. The highest BCUT2D eigenvalue weighted by molar-refractivity contribution is 5.95. The molecule has 2 aromatic carbocycles. The van der Waals surface area contributed by atoms with Crippen LogP contribution in [0.25, 0.3) is 11.1 Å². The maximum atomic E-state index is 12.6. The number of urea groups is 1. The van der Waals surface area contributed by atoms with E-state index in [-0.39, 0.29) is 6.03 Å². The van der Waals surface area contributed by atoms with Gasteiger partial charge in [0, 0.05) is 37.0 Å². The quantitative estimate of drug-likeness (QED) is 0.775. The number of likely N-dealkylation sites (tertiary alicyclic amines) is 1. The lowest BCUT2D eigenvalue weighted by Crippen LogP contribution is -2.50. The third-order valence-corrected chi connectivity index (χ3v) is 4.60. The van der Waals surface area contributed by atoms with Gasteiger partial charge in [-0.15, -0.1) is 0 Å². The van der Waals surface area contributed by atoms with E-state index >= 15 is 0 Å². The molecular formula is C21H19N3O. The number of rotatable bonds is 3. The summed E-state index contributed by atoms with van der Waals surface area (Å²) in [5.41, 5.74) is 4.20. The predicted octanol–water partition coefficient (Wildman–Crippen LogP) is 4.38. The number of hydrogen-bond donors (Lipinski definition) is 1. The van der Waals surface area contributed by atoms with Crippen molar-refractivity contribution in [3.63, 3.8) is 0 Å². The number of carbonyl (C=O) groups excluding carboxylic acids is 1. The van der Waals surface area contributed by atoms with E-state index in [9.17, 15) is 4.79 Å². The Morgan fingerprint density at radius 2 is 1.60 bits per heavy atom. The molecule has 4 heteroatoms. The van der Waals surface area contributed by atoms with E-state index in [0.29, 0.717) is 5.92 Å². The summed E-state index contributed by atoms with van der Waals surface area (Å²) in [4.78, 5) is 18.4. The van der Waals surface area contributed by atoms with Crippen LogP contribution in [0.15, 0.2) is 79.1 Å². The van der Waals surface area contributed by atoms with Crippen LogP contribution in [0.2, 0.25) is 0 Å². The molecule has 25 heavy (non-hydrogen) atoms. The summed E-state index contributed by atoms with van der Waals surface area (Å²) in [5, 5.41) is 3.06. The topological polar surface area (TPSA) is 45.2 Å². The van der Waals surface area contributed by atoms with Crippen molar-refractivity contribution in [1.29, 1.82) is 0 Å². The first-order valence-electron chi connectivity index (χ1n) is 8.41. The summed E-state index contributed by atoms with van der Waals surface area (Å²) < 4.78 is 0. The summed E-state index contributed by atoms with van der Waals surface area (Å²) in [6.07, 6.45) is 3.60. The minimum absolute atomic E-state index is 0.0475. The average molecular weight is 329 g/mol. The number of pyridine rings is 1. The summed E-state index contributed by atoms with van der Waals surface area (Å²) in [7, 11) is 0. The first-order chi connectivity index (χ1) is 12.3. The number of nitrogens with zero attached hydrogens (tertiary/aromatic N) is 2. The molecule has 2 amide bonds. The maximum Gasteiger partial charge on any atom is 0.321 e. The Hall–Kier alpha value is -3.14. The smallest absolute Gasteiger partial charge is 0.321 e. The van der Waals surface area contributed by atoms with Crippen LogP contribution in [0.4, 0.5) is 10.5 Å². The Morgan fingerprint density at radius 1 is 0.920 bits per heavy atom. The van der Waals surface area contributed by atoms with E-state index in [1.54, 1.807) is 12.4 Å². The van der Waals surface area contributed by atoms with Crippen LogP contribution in [-0.4, -0.2) is 29.0 Å². The highest BCUT2D eigenvalue weighted by Crippen LogP contribution is 2.30. The zero-order chi connectivity index (χ0) is 17.1. The van der Waals surface area contributed by atoms with Gasteiger partial charge >= 0.3 is 6.03 Å². The van der Waals surface area contributed by atoms with Crippen molar-refractivity contribution in [2.24, 2.45) is 0 Å². The lowest BCUT2D eigenvalue weighted by Gasteiger charge is -2.39. The van der Waals surface area contributed by atoms with Gasteiger partial charge in [0.15, 0.2) is 0 Å². The Kier molecular flexibility index (Phi) is 4.17. The molecule has 0 saturated carbocycles. The molecule has 1 aromatic heterocycles. The van der Waals surface area contributed by atoms with Gasteiger partial charge in [0.05, 0.1) is 5.69 Å². The normalized spacial score (nSPS) is 14.0. The second-order valence-corrected chi connectivity index (χ2v) is 6.22. The summed E-state index contributed by atoms with van der Waals surface area (Å²) in [6.45, 7) is 1.48. The van der Waals surface area contributed by atoms with Crippen molar-refractivity contribution in [1.82, 2.24) is 9.88 Å². The fourth-order valence-electron chi connectivity index (χ4n) is 3.15. The fraction of sp³-hybridized carbons (Fsp3) is 0.143. The van der Waals surface area contributed by atoms with Gasteiger partial charge in [-0.25, -0.2) is 4.79 Å². The second-order valence-electron chi connectivity index (χ2n) is 6.22. The summed E-state index contributed by atoms with van der Waals surface area (Å²) in [6, 6.07) is 22.0. The van der Waals surface area contributed by atoms with Gasteiger partial charge in [-0.1, -0.05) is 48.5 Å².